The zero-order valence-corrected chi connectivity index (χ0v) is 15.5. The van der Waals surface area contributed by atoms with Crippen LogP contribution in [0.4, 0.5) is 15.0 Å². The molecule has 1 aromatic carbocycles. The van der Waals surface area contributed by atoms with Crippen LogP contribution in [0.5, 0.6) is 0 Å². The number of hydrogen-bond donors (Lipinski definition) is 1. The Bertz CT molecular complexity index is 683. The number of urea groups is 1. The average molecular weight is 338 g/mol. The molecule has 1 heterocycles. The number of nitrogens with one attached hydrogen (secondary N) is 1. The molecular formula is C17H27FN4O2. The Labute approximate surface area is 142 Å². The van der Waals surface area contributed by atoms with E-state index in [0.717, 1.165) is 5.52 Å². The molecule has 1 N–H and O–H groups in total. The predicted molar refractivity (Wildman–Crippen MR) is 95.7 cm³/mol. The molecule has 0 aliphatic carbocycles. The largest absolute Gasteiger partial charge is 0.329 e. The van der Waals surface area contributed by atoms with Crippen molar-refractivity contribution in [3.8, 4) is 0 Å². The number of rotatable bonds is 3. The van der Waals surface area contributed by atoms with Gasteiger partial charge in [0.15, 0.2) is 5.82 Å². The van der Waals surface area contributed by atoms with Gasteiger partial charge in [0.25, 0.3) is 0 Å². The second-order valence-electron chi connectivity index (χ2n) is 4.38. The van der Waals surface area contributed by atoms with Crippen molar-refractivity contribution in [2.24, 2.45) is 7.05 Å². The van der Waals surface area contributed by atoms with Gasteiger partial charge < -0.3 is 0 Å². The SMILES string of the molecule is CC.CC.CCN(C(=O)NC=O)c1nn(C)c2cc(C)c(F)cc12. The number of carbonyl (C=O) groups excluding carboxylic acids is 2. The first-order chi connectivity index (χ1) is 11.5. The minimum absolute atomic E-state index is 0.306. The number of benzene rings is 1. The van der Waals surface area contributed by atoms with Crippen LogP contribution in [0.2, 0.25) is 0 Å². The number of anilines is 1. The molecule has 2 aromatic rings. The van der Waals surface area contributed by atoms with E-state index in [1.165, 1.54) is 11.0 Å². The molecule has 0 fully saturated rings. The van der Waals surface area contributed by atoms with Gasteiger partial charge in [-0.05, 0) is 31.5 Å². The van der Waals surface area contributed by atoms with Gasteiger partial charge >= 0.3 is 6.03 Å². The smallest absolute Gasteiger partial charge is 0.280 e. The summed E-state index contributed by atoms with van der Waals surface area (Å²) < 4.78 is 15.3. The maximum absolute atomic E-state index is 13.7. The molecule has 0 atom stereocenters. The third-order valence-corrected chi connectivity index (χ3v) is 3.11. The lowest BCUT2D eigenvalue weighted by molar-refractivity contribution is -0.108. The van der Waals surface area contributed by atoms with Crippen molar-refractivity contribution in [3.05, 3.63) is 23.5 Å². The van der Waals surface area contributed by atoms with E-state index >= 15 is 0 Å². The summed E-state index contributed by atoms with van der Waals surface area (Å²) >= 11 is 0. The number of hydrogen-bond acceptors (Lipinski definition) is 3. The number of nitrogens with zero attached hydrogens (tertiary/aromatic N) is 3. The van der Waals surface area contributed by atoms with Crippen LogP contribution >= 0.6 is 0 Å². The van der Waals surface area contributed by atoms with Crippen molar-refractivity contribution in [1.29, 1.82) is 0 Å². The van der Waals surface area contributed by atoms with Gasteiger partial charge in [0.05, 0.1) is 5.52 Å². The quantitative estimate of drug-likeness (QED) is 0.866. The highest BCUT2D eigenvalue weighted by molar-refractivity contribution is 6.03. The number of imide groups is 1. The predicted octanol–water partition coefficient (Wildman–Crippen LogP) is 3.77. The Kier molecular flexibility index (Phi) is 9.30. The van der Waals surface area contributed by atoms with Gasteiger partial charge in [-0.1, -0.05) is 27.7 Å². The fourth-order valence-electron chi connectivity index (χ4n) is 2.08. The van der Waals surface area contributed by atoms with E-state index in [1.54, 1.807) is 31.6 Å². The number of fused-ring (bicyclic) bond motifs is 1. The average Bonchev–Trinajstić information content (AvgIpc) is 2.89. The summed E-state index contributed by atoms with van der Waals surface area (Å²) in [4.78, 5) is 23.5. The normalized spacial score (nSPS) is 9.33. The molecule has 0 unspecified atom stereocenters. The zero-order valence-electron chi connectivity index (χ0n) is 15.5. The second kappa shape index (κ2) is 10.4. The van der Waals surface area contributed by atoms with Crippen LogP contribution in [0.1, 0.15) is 40.2 Å². The van der Waals surface area contributed by atoms with Gasteiger partial charge in [-0.3, -0.25) is 19.7 Å². The van der Waals surface area contributed by atoms with Crippen LogP contribution < -0.4 is 10.2 Å². The highest BCUT2D eigenvalue weighted by atomic mass is 19.1. The Morgan fingerprint density at radius 3 is 2.42 bits per heavy atom. The highest BCUT2D eigenvalue weighted by Crippen LogP contribution is 2.28. The van der Waals surface area contributed by atoms with Crippen LogP contribution in [-0.4, -0.2) is 28.8 Å². The summed E-state index contributed by atoms with van der Waals surface area (Å²) in [7, 11) is 1.72. The molecular weight excluding hydrogens is 311 g/mol. The van der Waals surface area contributed by atoms with Gasteiger partial charge in [-0.2, -0.15) is 5.10 Å². The van der Waals surface area contributed by atoms with Gasteiger partial charge in [0.2, 0.25) is 6.41 Å². The van der Waals surface area contributed by atoms with Crippen molar-refractivity contribution in [1.82, 2.24) is 15.1 Å². The minimum Gasteiger partial charge on any atom is -0.280 e. The lowest BCUT2D eigenvalue weighted by Crippen LogP contribution is -2.39. The van der Waals surface area contributed by atoms with Gasteiger partial charge in [-0.25, -0.2) is 9.18 Å². The van der Waals surface area contributed by atoms with Gasteiger partial charge in [0.1, 0.15) is 5.82 Å². The molecule has 0 bridgehead atoms. The topological polar surface area (TPSA) is 67.2 Å². The molecule has 6 nitrogen and oxygen atoms in total. The maximum Gasteiger partial charge on any atom is 0.329 e. The zero-order chi connectivity index (χ0) is 18.9. The monoisotopic (exact) mass is 338 g/mol. The molecule has 24 heavy (non-hydrogen) atoms. The standard InChI is InChI=1S/C13H15FN4O2.2C2H6/c1-4-18(13(20)15-7-19)12-9-6-10(14)8(2)5-11(9)17(3)16-12;2*1-2/h5-7H,4H2,1-3H3,(H,15,19,20);2*1-2H3. The Hall–Kier alpha value is -2.44. The molecule has 0 aliphatic rings. The Morgan fingerprint density at radius 1 is 1.33 bits per heavy atom. The number of aryl methyl sites for hydroxylation is 2. The molecule has 0 saturated heterocycles. The first kappa shape index (κ1) is 21.6. The van der Waals surface area contributed by atoms with E-state index in [0.29, 0.717) is 29.7 Å². The summed E-state index contributed by atoms with van der Waals surface area (Å²) in [5.41, 5.74) is 1.23. The lowest BCUT2D eigenvalue weighted by Gasteiger charge is -2.17. The van der Waals surface area contributed by atoms with E-state index in [4.69, 9.17) is 0 Å². The summed E-state index contributed by atoms with van der Waals surface area (Å²) in [6.07, 6.45) is 0.306. The summed E-state index contributed by atoms with van der Waals surface area (Å²) in [5, 5.41) is 6.83. The highest BCUT2D eigenvalue weighted by Gasteiger charge is 2.21. The number of amides is 3. The molecule has 0 saturated carbocycles. The number of aromatic nitrogens is 2. The van der Waals surface area contributed by atoms with Crippen LogP contribution in [-0.2, 0) is 11.8 Å². The van der Waals surface area contributed by atoms with Crippen LogP contribution in [0, 0.1) is 12.7 Å². The van der Waals surface area contributed by atoms with Gasteiger partial charge in [0, 0.05) is 19.0 Å². The van der Waals surface area contributed by atoms with Crippen molar-refractivity contribution < 1.29 is 14.0 Å². The molecule has 1 aromatic heterocycles. The third kappa shape index (κ3) is 4.53. The molecule has 7 heteroatoms. The summed E-state index contributed by atoms with van der Waals surface area (Å²) in [5.74, 6) is -0.0400. The number of carbonyl (C=O) groups is 2. The van der Waals surface area contributed by atoms with E-state index in [1.807, 2.05) is 27.7 Å². The summed E-state index contributed by atoms with van der Waals surface area (Å²) in [6.45, 7) is 11.7. The van der Waals surface area contributed by atoms with Crippen molar-refractivity contribution >= 4 is 29.2 Å². The fraction of sp³-hybridized carbons (Fsp3) is 0.471. The van der Waals surface area contributed by atoms with Crippen LogP contribution in [0.15, 0.2) is 12.1 Å². The van der Waals surface area contributed by atoms with E-state index in [-0.39, 0.29) is 5.82 Å². The Balaban J connectivity index is 0.00000123. The van der Waals surface area contributed by atoms with Gasteiger partial charge in [-0.15, -0.1) is 0 Å². The third-order valence-electron chi connectivity index (χ3n) is 3.11. The summed E-state index contributed by atoms with van der Waals surface area (Å²) in [6, 6.07) is 2.43. The Morgan fingerprint density at radius 2 is 1.92 bits per heavy atom. The maximum atomic E-state index is 13.7. The van der Waals surface area contributed by atoms with Crippen molar-refractivity contribution in [2.45, 2.75) is 41.5 Å². The molecule has 0 spiro atoms. The molecule has 2 rings (SSSR count). The molecule has 0 radical (unpaired) electrons. The first-order valence-corrected chi connectivity index (χ1v) is 8.14. The van der Waals surface area contributed by atoms with E-state index in [9.17, 15) is 14.0 Å². The van der Waals surface area contributed by atoms with E-state index < -0.39 is 6.03 Å². The number of halogens is 1. The van der Waals surface area contributed by atoms with Crippen LogP contribution in [0.3, 0.4) is 0 Å². The minimum atomic E-state index is -0.594. The second-order valence-corrected chi connectivity index (χ2v) is 4.38. The van der Waals surface area contributed by atoms with Crippen LogP contribution in [0.25, 0.3) is 10.9 Å². The first-order valence-electron chi connectivity index (χ1n) is 8.14. The molecule has 3 amide bonds. The van der Waals surface area contributed by atoms with Crippen molar-refractivity contribution in [2.75, 3.05) is 11.4 Å². The molecule has 0 aliphatic heterocycles. The fourth-order valence-corrected chi connectivity index (χ4v) is 2.08. The molecule has 134 valence electrons. The lowest BCUT2D eigenvalue weighted by atomic mass is 10.1. The van der Waals surface area contributed by atoms with E-state index in [2.05, 4.69) is 10.4 Å². The van der Waals surface area contributed by atoms with Crippen molar-refractivity contribution in [3.63, 3.8) is 0 Å².